The van der Waals surface area contributed by atoms with Gasteiger partial charge in [-0.25, -0.2) is 0 Å². The SMILES string of the molecule is CCNC(CN(CC(F)(F)F)C(C)C)c1ccc(C)cc1. The molecule has 0 aromatic heterocycles. The van der Waals surface area contributed by atoms with Crippen molar-refractivity contribution in [2.45, 2.75) is 46.0 Å². The van der Waals surface area contributed by atoms with Gasteiger partial charge in [-0.05, 0) is 32.9 Å². The van der Waals surface area contributed by atoms with Gasteiger partial charge in [0, 0.05) is 18.6 Å². The Morgan fingerprint density at radius 3 is 2.14 bits per heavy atom. The van der Waals surface area contributed by atoms with Crippen LogP contribution in [0.5, 0.6) is 0 Å². The minimum Gasteiger partial charge on any atom is -0.309 e. The topological polar surface area (TPSA) is 15.3 Å². The molecule has 0 aliphatic carbocycles. The van der Waals surface area contributed by atoms with E-state index in [1.807, 2.05) is 38.1 Å². The molecule has 1 atom stereocenters. The lowest BCUT2D eigenvalue weighted by Gasteiger charge is -2.32. The van der Waals surface area contributed by atoms with Gasteiger partial charge in [-0.2, -0.15) is 13.2 Å². The van der Waals surface area contributed by atoms with Crippen molar-refractivity contribution >= 4 is 0 Å². The molecule has 2 nitrogen and oxygen atoms in total. The number of hydrogen-bond donors (Lipinski definition) is 1. The molecule has 0 aliphatic rings. The molecule has 1 aromatic carbocycles. The monoisotopic (exact) mass is 302 g/mol. The number of nitrogens with zero attached hydrogens (tertiary/aromatic N) is 1. The average molecular weight is 302 g/mol. The van der Waals surface area contributed by atoms with Crippen LogP contribution in [-0.4, -0.2) is 36.8 Å². The Bertz CT molecular complexity index is 413. The first-order valence-electron chi connectivity index (χ1n) is 7.33. The van der Waals surface area contributed by atoms with Crippen molar-refractivity contribution in [1.82, 2.24) is 10.2 Å². The van der Waals surface area contributed by atoms with E-state index in [9.17, 15) is 13.2 Å². The molecule has 0 bridgehead atoms. The Balaban J connectivity index is 2.86. The molecule has 0 fully saturated rings. The highest BCUT2D eigenvalue weighted by molar-refractivity contribution is 5.24. The van der Waals surface area contributed by atoms with Gasteiger partial charge in [0.25, 0.3) is 0 Å². The first kappa shape index (κ1) is 18.0. The van der Waals surface area contributed by atoms with Crippen LogP contribution in [0, 0.1) is 6.92 Å². The summed E-state index contributed by atoms with van der Waals surface area (Å²) in [6, 6.07) is 7.69. The molecule has 0 saturated heterocycles. The maximum atomic E-state index is 12.7. The summed E-state index contributed by atoms with van der Waals surface area (Å²) in [6.45, 7) is 7.73. The van der Waals surface area contributed by atoms with Gasteiger partial charge in [-0.15, -0.1) is 0 Å². The molecule has 21 heavy (non-hydrogen) atoms. The Morgan fingerprint density at radius 2 is 1.71 bits per heavy atom. The first-order valence-corrected chi connectivity index (χ1v) is 7.33. The summed E-state index contributed by atoms with van der Waals surface area (Å²) >= 11 is 0. The Kier molecular flexibility index (Phi) is 6.68. The molecule has 0 aliphatic heterocycles. The highest BCUT2D eigenvalue weighted by atomic mass is 19.4. The standard InChI is InChI=1S/C16H25F3N2/c1-5-20-15(14-8-6-13(4)7-9-14)10-21(12(2)3)11-16(17,18)19/h6-9,12,15,20H,5,10-11H2,1-4H3. The van der Waals surface area contributed by atoms with Crippen molar-refractivity contribution in [3.8, 4) is 0 Å². The second-order valence-corrected chi connectivity index (χ2v) is 5.66. The van der Waals surface area contributed by atoms with E-state index in [4.69, 9.17) is 0 Å². The zero-order chi connectivity index (χ0) is 16.0. The normalized spacial score (nSPS) is 14.0. The summed E-state index contributed by atoms with van der Waals surface area (Å²) in [5.41, 5.74) is 2.17. The van der Waals surface area contributed by atoms with E-state index in [0.29, 0.717) is 6.54 Å². The summed E-state index contributed by atoms with van der Waals surface area (Å²) in [4.78, 5) is 1.47. The van der Waals surface area contributed by atoms with Crippen LogP contribution < -0.4 is 5.32 Å². The van der Waals surface area contributed by atoms with E-state index in [1.165, 1.54) is 4.90 Å². The van der Waals surface area contributed by atoms with Crippen LogP contribution in [0.1, 0.15) is 37.9 Å². The predicted molar refractivity (Wildman–Crippen MR) is 80.4 cm³/mol. The van der Waals surface area contributed by atoms with E-state index >= 15 is 0 Å². The Hall–Kier alpha value is -1.07. The van der Waals surface area contributed by atoms with Crippen molar-refractivity contribution in [1.29, 1.82) is 0 Å². The molecule has 120 valence electrons. The fraction of sp³-hybridized carbons (Fsp3) is 0.625. The van der Waals surface area contributed by atoms with Crippen LogP contribution >= 0.6 is 0 Å². The Morgan fingerprint density at radius 1 is 1.14 bits per heavy atom. The van der Waals surface area contributed by atoms with Gasteiger partial charge >= 0.3 is 6.18 Å². The molecule has 1 unspecified atom stereocenters. The molecule has 1 N–H and O–H groups in total. The Labute approximate surface area is 125 Å². The number of benzene rings is 1. The maximum Gasteiger partial charge on any atom is 0.401 e. The van der Waals surface area contributed by atoms with Gasteiger partial charge in [0.1, 0.15) is 0 Å². The summed E-state index contributed by atoms with van der Waals surface area (Å²) in [5, 5.41) is 3.28. The van der Waals surface area contributed by atoms with E-state index in [1.54, 1.807) is 13.8 Å². The van der Waals surface area contributed by atoms with Crippen LogP contribution in [0.2, 0.25) is 0 Å². The number of likely N-dealkylation sites (N-methyl/N-ethyl adjacent to an activating group) is 1. The fourth-order valence-corrected chi connectivity index (χ4v) is 2.26. The maximum absolute atomic E-state index is 12.7. The molecule has 5 heteroatoms. The molecular weight excluding hydrogens is 277 g/mol. The van der Waals surface area contributed by atoms with Crippen LogP contribution in [0.4, 0.5) is 13.2 Å². The van der Waals surface area contributed by atoms with Gasteiger partial charge in [0.05, 0.1) is 6.54 Å². The van der Waals surface area contributed by atoms with Gasteiger partial charge < -0.3 is 5.32 Å². The number of nitrogens with one attached hydrogen (secondary N) is 1. The van der Waals surface area contributed by atoms with Crippen molar-refractivity contribution in [3.05, 3.63) is 35.4 Å². The van der Waals surface area contributed by atoms with E-state index in [0.717, 1.165) is 17.7 Å². The number of hydrogen-bond acceptors (Lipinski definition) is 2. The molecule has 0 amide bonds. The second-order valence-electron chi connectivity index (χ2n) is 5.66. The first-order chi connectivity index (χ1) is 9.73. The summed E-state index contributed by atoms with van der Waals surface area (Å²) < 4.78 is 38.1. The minimum atomic E-state index is -4.17. The van der Waals surface area contributed by atoms with Crippen LogP contribution in [0.25, 0.3) is 0 Å². The van der Waals surface area contributed by atoms with E-state index in [2.05, 4.69) is 5.32 Å². The number of halogens is 3. The zero-order valence-electron chi connectivity index (χ0n) is 13.2. The summed E-state index contributed by atoms with van der Waals surface area (Å²) in [6.07, 6.45) is -4.17. The van der Waals surface area contributed by atoms with Crippen molar-refractivity contribution in [2.24, 2.45) is 0 Å². The second kappa shape index (κ2) is 7.80. The quantitative estimate of drug-likeness (QED) is 0.821. The number of aryl methyl sites for hydroxylation is 1. The molecule has 0 heterocycles. The number of rotatable bonds is 7. The molecule has 0 saturated carbocycles. The van der Waals surface area contributed by atoms with Crippen molar-refractivity contribution < 1.29 is 13.2 Å². The minimum absolute atomic E-state index is 0.0969. The van der Waals surface area contributed by atoms with Crippen molar-refractivity contribution in [3.63, 3.8) is 0 Å². The molecular formula is C16H25F3N2. The van der Waals surface area contributed by atoms with Crippen LogP contribution in [0.3, 0.4) is 0 Å². The smallest absolute Gasteiger partial charge is 0.309 e. The molecule has 1 rings (SSSR count). The van der Waals surface area contributed by atoms with Gasteiger partial charge in [-0.1, -0.05) is 36.8 Å². The van der Waals surface area contributed by atoms with E-state index < -0.39 is 12.7 Å². The predicted octanol–water partition coefficient (Wildman–Crippen LogP) is 3.92. The third-order valence-corrected chi connectivity index (χ3v) is 3.46. The van der Waals surface area contributed by atoms with Gasteiger partial charge in [0.15, 0.2) is 0 Å². The highest BCUT2D eigenvalue weighted by Crippen LogP contribution is 2.22. The average Bonchev–Trinajstić information content (AvgIpc) is 2.36. The highest BCUT2D eigenvalue weighted by Gasteiger charge is 2.32. The lowest BCUT2D eigenvalue weighted by Crippen LogP contribution is -2.44. The van der Waals surface area contributed by atoms with Crippen LogP contribution in [0.15, 0.2) is 24.3 Å². The zero-order valence-corrected chi connectivity index (χ0v) is 13.2. The number of alkyl halides is 3. The molecule has 0 spiro atoms. The third-order valence-electron chi connectivity index (χ3n) is 3.46. The molecule has 0 radical (unpaired) electrons. The fourth-order valence-electron chi connectivity index (χ4n) is 2.26. The van der Waals surface area contributed by atoms with E-state index in [-0.39, 0.29) is 12.1 Å². The van der Waals surface area contributed by atoms with Gasteiger partial charge in [-0.3, -0.25) is 4.90 Å². The lowest BCUT2D eigenvalue weighted by atomic mass is 10.0. The van der Waals surface area contributed by atoms with Gasteiger partial charge in [0.2, 0.25) is 0 Å². The van der Waals surface area contributed by atoms with Crippen LogP contribution in [-0.2, 0) is 0 Å². The van der Waals surface area contributed by atoms with Crippen molar-refractivity contribution in [2.75, 3.05) is 19.6 Å². The summed E-state index contributed by atoms with van der Waals surface area (Å²) in [5.74, 6) is 0. The molecule has 1 aromatic rings. The summed E-state index contributed by atoms with van der Waals surface area (Å²) in [7, 11) is 0. The third kappa shape index (κ3) is 6.48. The lowest BCUT2D eigenvalue weighted by molar-refractivity contribution is -0.150. The largest absolute Gasteiger partial charge is 0.401 e.